The predicted molar refractivity (Wildman–Crippen MR) is 140 cm³/mol. The number of likely N-dealkylation sites (N-methyl/N-ethyl adjacent to an activating group) is 1. The quantitative estimate of drug-likeness (QED) is 0.594. The number of pyridine rings is 1. The maximum absolute atomic E-state index is 13.6. The summed E-state index contributed by atoms with van der Waals surface area (Å²) in [6.45, 7) is 4.18. The van der Waals surface area contributed by atoms with Gasteiger partial charge in [0.25, 0.3) is 5.91 Å². The summed E-state index contributed by atoms with van der Waals surface area (Å²) in [5.41, 5.74) is 2.93. The van der Waals surface area contributed by atoms with Crippen LogP contribution in [0.5, 0.6) is 5.88 Å². The van der Waals surface area contributed by atoms with Gasteiger partial charge in [-0.3, -0.25) is 4.79 Å². The Balaban J connectivity index is 1.59. The van der Waals surface area contributed by atoms with Crippen LogP contribution in [0.1, 0.15) is 55.5 Å². The van der Waals surface area contributed by atoms with Crippen molar-refractivity contribution < 1.29 is 23.8 Å². The van der Waals surface area contributed by atoms with Crippen molar-refractivity contribution in [2.75, 3.05) is 32.1 Å². The first-order valence-electron chi connectivity index (χ1n) is 12.8. The highest BCUT2D eigenvalue weighted by Crippen LogP contribution is 2.32. The fraction of sp³-hybridized carbons (Fsp3) is 0.464. The average Bonchev–Trinajstić information content (AvgIpc) is 2.91. The van der Waals surface area contributed by atoms with E-state index in [1.165, 1.54) is 34.7 Å². The molecule has 2 heterocycles. The van der Waals surface area contributed by atoms with Crippen molar-refractivity contribution in [2.24, 2.45) is 5.92 Å². The van der Waals surface area contributed by atoms with Gasteiger partial charge in [-0.2, -0.15) is 0 Å². The van der Waals surface area contributed by atoms with Crippen molar-refractivity contribution in [3.05, 3.63) is 59.5 Å². The van der Waals surface area contributed by atoms with Gasteiger partial charge in [0.05, 0.1) is 19.2 Å². The molecule has 2 aromatic rings. The molecule has 0 spiro atoms. The summed E-state index contributed by atoms with van der Waals surface area (Å²) in [5, 5.41) is 12.6. The summed E-state index contributed by atoms with van der Waals surface area (Å²) >= 11 is 0. The number of ether oxygens (including phenoxy) is 1. The van der Waals surface area contributed by atoms with E-state index in [0.717, 1.165) is 31.2 Å². The zero-order valence-electron chi connectivity index (χ0n) is 21.6. The zero-order valence-corrected chi connectivity index (χ0v) is 21.6. The van der Waals surface area contributed by atoms with E-state index in [-0.39, 0.29) is 42.7 Å². The molecule has 1 aliphatic heterocycles. The highest BCUT2D eigenvalue weighted by molar-refractivity contribution is 5.97. The van der Waals surface area contributed by atoms with Crippen LogP contribution in [0.4, 0.5) is 14.9 Å². The molecule has 198 valence electrons. The Kier molecular flexibility index (Phi) is 8.43. The van der Waals surface area contributed by atoms with Gasteiger partial charge in [-0.25, -0.2) is 14.2 Å². The molecule has 37 heavy (non-hydrogen) atoms. The molecule has 3 atom stereocenters. The number of benzene rings is 1. The second-order valence-electron chi connectivity index (χ2n) is 9.99. The van der Waals surface area contributed by atoms with E-state index in [1.807, 2.05) is 19.9 Å². The summed E-state index contributed by atoms with van der Waals surface area (Å²) in [4.78, 5) is 34.1. The molecule has 0 fully saturated rings. The standard InChI is InChI=1S/C28H35FN4O4/c1-18-15-33(19(2)17-34)27(35)24-13-21(20-7-5-4-6-8-20)14-30-26(24)37-25(18)16-32(3)28(36)31-23-11-9-22(29)10-12-23/h7,9-14,18-19,25,34H,4-6,8,15-17H2,1-3H3,(H,31,36)/t18-,19+,25+/m0/s1. The fourth-order valence-electron chi connectivity index (χ4n) is 4.70. The second-order valence-corrected chi connectivity index (χ2v) is 9.99. The second kappa shape index (κ2) is 11.7. The molecule has 2 N–H and O–H groups in total. The van der Waals surface area contributed by atoms with E-state index < -0.39 is 12.1 Å². The third-order valence-electron chi connectivity index (χ3n) is 7.08. The molecule has 1 aliphatic carbocycles. The Morgan fingerprint density at radius 1 is 1.32 bits per heavy atom. The minimum absolute atomic E-state index is 0.158. The molecule has 1 aromatic heterocycles. The number of nitrogens with one attached hydrogen (secondary N) is 1. The topological polar surface area (TPSA) is 95.0 Å². The summed E-state index contributed by atoms with van der Waals surface area (Å²) in [7, 11) is 1.65. The van der Waals surface area contributed by atoms with Crippen LogP contribution >= 0.6 is 0 Å². The van der Waals surface area contributed by atoms with E-state index in [1.54, 1.807) is 18.1 Å². The number of amides is 3. The number of allylic oxidation sites excluding steroid dienone is 2. The largest absolute Gasteiger partial charge is 0.472 e. The van der Waals surface area contributed by atoms with Crippen molar-refractivity contribution >= 4 is 23.2 Å². The minimum Gasteiger partial charge on any atom is -0.472 e. The van der Waals surface area contributed by atoms with E-state index in [2.05, 4.69) is 16.4 Å². The number of hydrogen-bond acceptors (Lipinski definition) is 5. The lowest BCUT2D eigenvalue weighted by molar-refractivity contribution is 0.0356. The lowest BCUT2D eigenvalue weighted by atomic mass is 9.93. The maximum atomic E-state index is 13.6. The van der Waals surface area contributed by atoms with Gasteiger partial charge in [-0.15, -0.1) is 0 Å². The molecule has 2 aliphatic rings. The van der Waals surface area contributed by atoms with Crippen LogP contribution in [-0.4, -0.2) is 70.7 Å². The molecule has 8 nitrogen and oxygen atoms in total. The predicted octanol–water partition coefficient (Wildman–Crippen LogP) is 4.56. The first-order valence-corrected chi connectivity index (χ1v) is 12.8. The SMILES string of the molecule is C[C@H](CO)N1C[C@H](C)[C@@H](CN(C)C(=O)Nc2ccc(F)cc2)Oc2ncc(C3=CCCCC3)cc2C1=O. The van der Waals surface area contributed by atoms with Crippen molar-refractivity contribution in [3.63, 3.8) is 0 Å². The third kappa shape index (κ3) is 6.28. The number of hydrogen-bond donors (Lipinski definition) is 2. The van der Waals surface area contributed by atoms with Crippen molar-refractivity contribution in [1.29, 1.82) is 0 Å². The first-order chi connectivity index (χ1) is 17.8. The number of rotatable bonds is 6. The molecule has 3 amide bonds. The Hall–Kier alpha value is -3.46. The Morgan fingerprint density at radius 3 is 2.76 bits per heavy atom. The lowest BCUT2D eigenvalue weighted by Crippen LogP contribution is -2.50. The Morgan fingerprint density at radius 2 is 2.08 bits per heavy atom. The third-order valence-corrected chi connectivity index (χ3v) is 7.08. The van der Waals surface area contributed by atoms with Crippen molar-refractivity contribution in [2.45, 2.75) is 51.7 Å². The van der Waals surface area contributed by atoms with Crippen LogP contribution in [0.2, 0.25) is 0 Å². The molecule has 0 saturated heterocycles. The van der Waals surface area contributed by atoms with E-state index >= 15 is 0 Å². The molecule has 0 unspecified atom stereocenters. The molecular formula is C28H35FN4O4. The van der Waals surface area contributed by atoms with Crippen molar-refractivity contribution in [1.82, 2.24) is 14.8 Å². The van der Waals surface area contributed by atoms with Crippen molar-refractivity contribution in [3.8, 4) is 5.88 Å². The van der Waals surface area contributed by atoms with Gasteiger partial charge in [0, 0.05) is 31.4 Å². The van der Waals surface area contributed by atoms with E-state index in [0.29, 0.717) is 17.8 Å². The number of urea groups is 1. The molecule has 9 heteroatoms. The number of aromatic nitrogens is 1. The maximum Gasteiger partial charge on any atom is 0.321 e. The molecule has 1 aromatic carbocycles. The van der Waals surface area contributed by atoms with E-state index in [4.69, 9.17) is 4.74 Å². The van der Waals surface area contributed by atoms with Gasteiger partial charge < -0.3 is 25.0 Å². The van der Waals surface area contributed by atoms with Crippen LogP contribution < -0.4 is 10.1 Å². The fourth-order valence-corrected chi connectivity index (χ4v) is 4.70. The number of carbonyl (C=O) groups excluding carboxylic acids is 2. The Bertz CT molecular complexity index is 1150. The first kappa shape index (κ1) is 26.6. The number of nitrogens with zero attached hydrogens (tertiary/aromatic N) is 3. The van der Waals surface area contributed by atoms with Gasteiger partial charge in [0.2, 0.25) is 5.88 Å². The normalized spacial score (nSPS) is 20.6. The molecule has 4 rings (SSSR count). The molecule has 0 bridgehead atoms. The zero-order chi connectivity index (χ0) is 26.5. The number of halogens is 1. The number of anilines is 1. The molecular weight excluding hydrogens is 475 g/mol. The minimum atomic E-state index is -0.462. The summed E-state index contributed by atoms with van der Waals surface area (Å²) in [6, 6.07) is 6.64. The van der Waals surface area contributed by atoms with Gasteiger partial charge in [0.15, 0.2) is 0 Å². The smallest absolute Gasteiger partial charge is 0.321 e. The van der Waals surface area contributed by atoms with Crippen LogP contribution in [0.15, 0.2) is 42.6 Å². The van der Waals surface area contributed by atoms with Gasteiger partial charge in [0.1, 0.15) is 17.5 Å². The van der Waals surface area contributed by atoms with E-state index in [9.17, 15) is 19.1 Å². The number of aliphatic hydroxyl groups excluding tert-OH is 1. The molecule has 0 radical (unpaired) electrons. The van der Waals surface area contributed by atoms with Crippen LogP contribution in [0.3, 0.4) is 0 Å². The summed E-state index contributed by atoms with van der Waals surface area (Å²) in [5.74, 6) is -0.540. The average molecular weight is 511 g/mol. The number of fused-ring (bicyclic) bond motifs is 1. The van der Waals surface area contributed by atoms with Crippen LogP contribution in [0.25, 0.3) is 5.57 Å². The summed E-state index contributed by atoms with van der Waals surface area (Å²) in [6.07, 6.45) is 7.71. The van der Waals surface area contributed by atoms with Gasteiger partial charge in [-0.1, -0.05) is 13.0 Å². The van der Waals surface area contributed by atoms with Crippen LogP contribution in [-0.2, 0) is 0 Å². The number of aliphatic hydroxyl groups is 1. The Labute approximate surface area is 217 Å². The number of carbonyl (C=O) groups is 2. The summed E-state index contributed by atoms with van der Waals surface area (Å²) < 4.78 is 19.5. The highest BCUT2D eigenvalue weighted by atomic mass is 19.1. The van der Waals surface area contributed by atoms with Crippen LogP contribution in [0, 0.1) is 11.7 Å². The van der Waals surface area contributed by atoms with Gasteiger partial charge >= 0.3 is 6.03 Å². The van der Waals surface area contributed by atoms with Gasteiger partial charge in [-0.05, 0) is 74.1 Å². The lowest BCUT2D eigenvalue weighted by Gasteiger charge is -2.37. The monoisotopic (exact) mass is 510 g/mol. The molecule has 0 saturated carbocycles. The highest BCUT2D eigenvalue weighted by Gasteiger charge is 2.35.